The van der Waals surface area contributed by atoms with Gasteiger partial charge in [-0.1, -0.05) is 19.0 Å². The molecule has 1 aliphatic rings. The molecule has 2 N–H and O–H groups in total. The highest BCUT2D eigenvalue weighted by molar-refractivity contribution is 5.92. The molecule has 1 atom stereocenters. The van der Waals surface area contributed by atoms with E-state index < -0.39 is 0 Å². The number of nitrogens with zero attached hydrogens (tertiary/aromatic N) is 3. The van der Waals surface area contributed by atoms with Gasteiger partial charge in [-0.25, -0.2) is 0 Å². The van der Waals surface area contributed by atoms with E-state index in [1.807, 2.05) is 13.0 Å². The van der Waals surface area contributed by atoms with Crippen LogP contribution in [0.2, 0.25) is 0 Å². The molecule has 24 heavy (non-hydrogen) atoms. The van der Waals surface area contributed by atoms with E-state index in [2.05, 4.69) is 39.4 Å². The van der Waals surface area contributed by atoms with Crippen LogP contribution in [0.5, 0.6) is 0 Å². The molecular weight excluding hydrogens is 306 g/mol. The summed E-state index contributed by atoms with van der Waals surface area (Å²) in [6, 6.07) is 3.80. The molecule has 0 radical (unpaired) electrons. The second kappa shape index (κ2) is 7.17. The minimum absolute atomic E-state index is 0.116. The van der Waals surface area contributed by atoms with Crippen molar-refractivity contribution in [3.8, 4) is 0 Å². The lowest BCUT2D eigenvalue weighted by atomic mass is 10.1. The first kappa shape index (κ1) is 16.7. The maximum atomic E-state index is 12.0. The molecule has 130 valence electrons. The largest absolute Gasteiger partial charge is 0.360 e. The second-order valence-corrected chi connectivity index (χ2v) is 6.91. The topological polar surface area (TPSA) is 87.1 Å². The van der Waals surface area contributed by atoms with Gasteiger partial charge in [0.25, 0.3) is 5.91 Å². The first-order chi connectivity index (χ1) is 11.5. The SMILES string of the molecule is Cc1cc(C(=O)NC[C@H]2CCN(Cc3cc(C(C)C)no3)C2)n[nH]1. The van der Waals surface area contributed by atoms with E-state index in [0.717, 1.165) is 43.2 Å². The van der Waals surface area contributed by atoms with Gasteiger partial charge in [0.1, 0.15) is 5.69 Å². The number of nitrogens with one attached hydrogen (secondary N) is 2. The van der Waals surface area contributed by atoms with Crippen LogP contribution in [0.3, 0.4) is 0 Å². The number of carbonyl (C=O) groups excluding carboxylic acids is 1. The van der Waals surface area contributed by atoms with Crippen molar-refractivity contribution in [1.29, 1.82) is 0 Å². The van der Waals surface area contributed by atoms with Gasteiger partial charge in [-0.2, -0.15) is 5.10 Å². The number of aromatic nitrogens is 3. The Balaban J connectivity index is 1.44. The Morgan fingerprint density at radius 3 is 3.00 bits per heavy atom. The Kier molecular flexibility index (Phi) is 4.99. The average Bonchev–Trinajstić information content (AvgIpc) is 3.26. The highest BCUT2D eigenvalue weighted by Gasteiger charge is 2.24. The maximum Gasteiger partial charge on any atom is 0.271 e. The van der Waals surface area contributed by atoms with Crippen molar-refractivity contribution in [2.45, 2.75) is 39.7 Å². The Labute approximate surface area is 141 Å². The zero-order chi connectivity index (χ0) is 17.1. The first-order valence-corrected chi connectivity index (χ1v) is 8.49. The fraction of sp³-hybridized carbons (Fsp3) is 0.588. The van der Waals surface area contributed by atoms with E-state index in [1.54, 1.807) is 6.07 Å². The molecule has 2 aromatic rings. The van der Waals surface area contributed by atoms with E-state index in [-0.39, 0.29) is 5.91 Å². The number of hydrogen-bond acceptors (Lipinski definition) is 5. The van der Waals surface area contributed by atoms with Crippen LogP contribution in [0.1, 0.15) is 53.8 Å². The molecule has 1 fully saturated rings. The van der Waals surface area contributed by atoms with Crippen molar-refractivity contribution in [3.63, 3.8) is 0 Å². The minimum atomic E-state index is -0.116. The fourth-order valence-corrected chi connectivity index (χ4v) is 2.98. The quantitative estimate of drug-likeness (QED) is 0.846. The summed E-state index contributed by atoms with van der Waals surface area (Å²) >= 11 is 0. The normalized spacial score (nSPS) is 18.4. The van der Waals surface area contributed by atoms with Crippen molar-refractivity contribution in [3.05, 3.63) is 35.0 Å². The lowest BCUT2D eigenvalue weighted by Crippen LogP contribution is -2.31. The van der Waals surface area contributed by atoms with Crippen LogP contribution in [0.15, 0.2) is 16.7 Å². The van der Waals surface area contributed by atoms with Gasteiger partial charge in [0, 0.05) is 24.8 Å². The molecule has 1 saturated heterocycles. The third-order valence-electron chi connectivity index (χ3n) is 4.41. The average molecular weight is 331 g/mol. The predicted molar refractivity (Wildman–Crippen MR) is 89.6 cm³/mol. The molecule has 0 aromatic carbocycles. The van der Waals surface area contributed by atoms with Crippen LogP contribution in [-0.2, 0) is 6.54 Å². The number of hydrogen-bond donors (Lipinski definition) is 2. The molecular formula is C17H25N5O2. The third kappa shape index (κ3) is 4.03. The number of likely N-dealkylation sites (tertiary alicyclic amines) is 1. The van der Waals surface area contributed by atoms with Crippen LogP contribution in [0.25, 0.3) is 0 Å². The van der Waals surface area contributed by atoms with Crippen LogP contribution < -0.4 is 5.32 Å². The van der Waals surface area contributed by atoms with Crippen LogP contribution in [-0.4, -0.2) is 45.8 Å². The summed E-state index contributed by atoms with van der Waals surface area (Å²) in [6.45, 7) is 9.52. The van der Waals surface area contributed by atoms with Crippen molar-refractivity contribution < 1.29 is 9.32 Å². The van der Waals surface area contributed by atoms with Gasteiger partial charge < -0.3 is 9.84 Å². The number of aryl methyl sites for hydroxylation is 1. The fourth-order valence-electron chi connectivity index (χ4n) is 2.98. The Morgan fingerprint density at radius 2 is 2.33 bits per heavy atom. The Morgan fingerprint density at radius 1 is 1.50 bits per heavy atom. The third-order valence-corrected chi connectivity index (χ3v) is 4.41. The molecule has 0 saturated carbocycles. The Bertz CT molecular complexity index is 691. The smallest absolute Gasteiger partial charge is 0.271 e. The molecule has 3 rings (SSSR count). The second-order valence-electron chi connectivity index (χ2n) is 6.91. The lowest BCUT2D eigenvalue weighted by molar-refractivity contribution is 0.0942. The summed E-state index contributed by atoms with van der Waals surface area (Å²) in [5.74, 6) is 1.64. The van der Waals surface area contributed by atoms with Crippen LogP contribution in [0.4, 0.5) is 0 Å². The summed E-state index contributed by atoms with van der Waals surface area (Å²) < 4.78 is 5.41. The highest BCUT2D eigenvalue weighted by atomic mass is 16.5. The Hall–Kier alpha value is -2.15. The van der Waals surface area contributed by atoms with E-state index >= 15 is 0 Å². The summed E-state index contributed by atoms with van der Waals surface area (Å²) in [6.07, 6.45) is 1.07. The van der Waals surface area contributed by atoms with E-state index in [4.69, 9.17) is 4.52 Å². The first-order valence-electron chi connectivity index (χ1n) is 8.49. The molecule has 7 nitrogen and oxygen atoms in total. The number of aromatic amines is 1. The molecule has 3 heterocycles. The van der Waals surface area contributed by atoms with E-state index in [1.165, 1.54) is 0 Å². The van der Waals surface area contributed by atoms with Crippen molar-refractivity contribution in [2.24, 2.45) is 5.92 Å². The summed E-state index contributed by atoms with van der Waals surface area (Å²) in [5, 5.41) is 13.8. The minimum Gasteiger partial charge on any atom is -0.360 e. The van der Waals surface area contributed by atoms with E-state index in [9.17, 15) is 4.79 Å². The monoisotopic (exact) mass is 331 g/mol. The number of carbonyl (C=O) groups is 1. The number of rotatable bonds is 6. The molecule has 0 aliphatic carbocycles. The van der Waals surface area contributed by atoms with Gasteiger partial charge >= 0.3 is 0 Å². The van der Waals surface area contributed by atoms with Gasteiger partial charge in [-0.05, 0) is 37.8 Å². The number of H-pyrrole nitrogens is 1. The van der Waals surface area contributed by atoms with Gasteiger partial charge in [0.05, 0.1) is 12.2 Å². The standard InChI is InChI=1S/C17H25N5O2/c1-11(2)15-7-14(24-21-15)10-22-5-4-13(9-22)8-18-17(23)16-6-12(3)19-20-16/h6-7,11,13H,4-5,8-10H2,1-3H3,(H,18,23)(H,19,20)/t13-/m1/s1. The molecule has 0 unspecified atom stereocenters. The van der Waals surface area contributed by atoms with Crippen molar-refractivity contribution >= 4 is 5.91 Å². The highest BCUT2D eigenvalue weighted by Crippen LogP contribution is 2.20. The van der Waals surface area contributed by atoms with Gasteiger partial charge in [0.2, 0.25) is 0 Å². The molecule has 0 bridgehead atoms. The number of amides is 1. The predicted octanol–water partition coefficient (Wildman–Crippen LogP) is 2.08. The molecule has 1 amide bonds. The molecule has 7 heteroatoms. The van der Waals surface area contributed by atoms with Gasteiger partial charge in [-0.3, -0.25) is 14.8 Å². The van der Waals surface area contributed by atoms with Gasteiger partial charge in [-0.15, -0.1) is 0 Å². The van der Waals surface area contributed by atoms with E-state index in [0.29, 0.717) is 24.1 Å². The van der Waals surface area contributed by atoms with Crippen molar-refractivity contribution in [2.75, 3.05) is 19.6 Å². The van der Waals surface area contributed by atoms with Crippen LogP contribution in [0, 0.1) is 12.8 Å². The van der Waals surface area contributed by atoms with Crippen molar-refractivity contribution in [1.82, 2.24) is 25.6 Å². The zero-order valence-electron chi connectivity index (χ0n) is 14.5. The molecule has 1 aliphatic heterocycles. The summed E-state index contributed by atoms with van der Waals surface area (Å²) in [4.78, 5) is 14.4. The summed E-state index contributed by atoms with van der Waals surface area (Å²) in [5.41, 5.74) is 2.34. The zero-order valence-corrected chi connectivity index (χ0v) is 14.5. The molecule has 0 spiro atoms. The van der Waals surface area contributed by atoms with Gasteiger partial charge in [0.15, 0.2) is 5.76 Å². The summed E-state index contributed by atoms with van der Waals surface area (Å²) in [7, 11) is 0. The maximum absolute atomic E-state index is 12.0. The van der Waals surface area contributed by atoms with Crippen LogP contribution >= 0.6 is 0 Å². The molecule has 2 aromatic heterocycles. The lowest BCUT2D eigenvalue weighted by Gasteiger charge is -2.14.